The summed E-state index contributed by atoms with van der Waals surface area (Å²) in [5.41, 5.74) is 20.0. The molecule has 0 radical (unpaired) electrons. The number of hydrogen-bond donors (Lipinski definition) is 0. The first-order valence-electron chi connectivity index (χ1n) is 13.3. The van der Waals surface area contributed by atoms with Gasteiger partial charge in [-0.2, -0.15) is 0 Å². The fourth-order valence-corrected chi connectivity index (χ4v) is 11.1. The van der Waals surface area contributed by atoms with E-state index >= 15 is 0 Å². The number of hydrogen-bond acceptors (Lipinski definition) is 0. The Labute approximate surface area is 258 Å². The van der Waals surface area contributed by atoms with E-state index in [1.165, 1.54) is 55.6 Å². The van der Waals surface area contributed by atoms with E-state index in [4.69, 9.17) is 0 Å². The molecule has 6 rings (SSSR count). The van der Waals surface area contributed by atoms with Gasteiger partial charge in [0.25, 0.3) is 0 Å². The summed E-state index contributed by atoms with van der Waals surface area (Å²) in [7, 11) is 0. The minimum atomic E-state index is -0.873. The van der Waals surface area contributed by atoms with E-state index in [-0.39, 0.29) is 24.8 Å². The predicted molar refractivity (Wildman–Crippen MR) is 155 cm³/mol. The zero-order valence-electron chi connectivity index (χ0n) is 23.5. The van der Waals surface area contributed by atoms with Crippen LogP contribution in [0.15, 0.2) is 83.9 Å². The fourth-order valence-electron chi connectivity index (χ4n) is 6.48. The Morgan fingerprint density at radius 1 is 0.487 bits per heavy atom. The molecule has 0 bridgehead atoms. The van der Waals surface area contributed by atoms with Gasteiger partial charge in [-0.3, -0.25) is 0 Å². The van der Waals surface area contributed by atoms with Crippen molar-refractivity contribution in [3.63, 3.8) is 0 Å². The molecule has 0 N–H and O–H groups in total. The summed E-state index contributed by atoms with van der Waals surface area (Å²) in [6.45, 7) is 13.6. The van der Waals surface area contributed by atoms with Gasteiger partial charge < -0.3 is 24.8 Å². The SMILES string of the molecule is CC1=Cc2c(-c3cc(C)cc(C)c3)cccc2[CH]1[Zr+2][CH]1C(C)=Cc2c(-c3cc(C)cc(C)c3)cccc21.[Cl-].[Cl-]. The van der Waals surface area contributed by atoms with Crippen LogP contribution in [0.1, 0.15) is 65.6 Å². The van der Waals surface area contributed by atoms with Crippen molar-refractivity contribution in [3.05, 3.63) is 128 Å². The molecule has 0 aromatic heterocycles. The largest absolute Gasteiger partial charge is 1.00 e. The minimum Gasteiger partial charge on any atom is -1.00 e. The third-order valence-corrected chi connectivity index (χ3v) is 13.4. The minimum absolute atomic E-state index is 0. The van der Waals surface area contributed by atoms with Crippen molar-refractivity contribution in [2.24, 2.45) is 0 Å². The first-order valence-corrected chi connectivity index (χ1v) is 16.2. The first-order chi connectivity index (χ1) is 17.8. The molecule has 0 saturated heterocycles. The van der Waals surface area contributed by atoms with Gasteiger partial charge >= 0.3 is 235 Å². The second kappa shape index (κ2) is 11.7. The van der Waals surface area contributed by atoms with Crippen LogP contribution in [0.5, 0.6) is 0 Å². The summed E-state index contributed by atoms with van der Waals surface area (Å²) < 4.78 is 1.24. The summed E-state index contributed by atoms with van der Waals surface area (Å²) in [6.07, 6.45) is 4.99. The zero-order valence-corrected chi connectivity index (χ0v) is 27.5. The molecule has 196 valence electrons. The molecule has 0 amide bonds. The van der Waals surface area contributed by atoms with Crippen LogP contribution in [-0.4, -0.2) is 0 Å². The van der Waals surface area contributed by atoms with Crippen LogP contribution in [0.2, 0.25) is 0 Å². The second-order valence-electron chi connectivity index (χ2n) is 11.2. The van der Waals surface area contributed by atoms with Crippen LogP contribution >= 0.6 is 0 Å². The van der Waals surface area contributed by atoms with E-state index in [1.807, 2.05) is 0 Å². The van der Waals surface area contributed by atoms with Gasteiger partial charge in [-0.1, -0.05) is 0 Å². The van der Waals surface area contributed by atoms with E-state index in [9.17, 15) is 0 Å². The summed E-state index contributed by atoms with van der Waals surface area (Å²) in [5.74, 6) is 0. The van der Waals surface area contributed by atoms with Crippen molar-refractivity contribution in [2.75, 3.05) is 0 Å². The van der Waals surface area contributed by atoms with Crippen LogP contribution in [0.25, 0.3) is 34.4 Å². The van der Waals surface area contributed by atoms with Crippen LogP contribution in [0, 0.1) is 27.7 Å². The van der Waals surface area contributed by atoms with Gasteiger partial charge in [-0.05, 0) is 0 Å². The molecule has 2 unspecified atom stereocenters. The van der Waals surface area contributed by atoms with Gasteiger partial charge in [0.15, 0.2) is 0 Å². The third-order valence-electron chi connectivity index (χ3n) is 7.96. The van der Waals surface area contributed by atoms with Crippen molar-refractivity contribution >= 4 is 12.2 Å². The monoisotopic (exact) mass is 626 g/mol. The van der Waals surface area contributed by atoms with Gasteiger partial charge in [0, 0.05) is 0 Å². The van der Waals surface area contributed by atoms with Crippen LogP contribution in [0.3, 0.4) is 0 Å². The van der Waals surface area contributed by atoms with Gasteiger partial charge in [-0.15, -0.1) is 0 Å². The van der Waals surface area contributed by atoms with E-state index in [0.29, 0.717) is 7.25 Å². The molecule has 4 aromatic rings. The maximum Gasteiger partial charge on any atom is -1.00 e. The predicted octanol–water partition coefficient (Wildman–Crippen LogP) is 3.96. The second-order valence-corrected chi connectivity index (χ2v) is 14.8. The van der Waals surface area contributed by atoms with E-state index < -0.39 is 23.2 Å². The molecule has 39 heavy (non-hydrogen) atoms. The van der Waals surface area contributed by atoms with Crippen molar-refractivity contribution in [1.29, 1.82) is 0 Å². The fraction of sp³-hybridized carbons (Fsp3) is 0.222. The van der Waals surface area contributed by atoms with Gasteiger partial charge in [0.05, 0.1) is 0 Å². The number of fused-ring (bicyclic) bond motifs is 2. The molecule has 2 aliphatic carbocycles. The number of aryl methyl sites for hydroxylation is 4. The Bertz CT molecular complexity index is 1460. The molecule has 0 fully saturated rings. The number of rotatable bonds is 4. The van der Waals surface area contributed by atoms with Crippen molar-refractivity contribution < 1.29 is 48.0 Å². The molecule has 0 spiro atoms. The standard InChI is InChI=1S/2C18H17.2ClH.Zr/c2*1-12-7-13(2)10-16(9-12)17-6-4-5-15-8-14(3)11-18(15)17;;;/h2*4-11H,1-3H3;2*1H;/q;;;;+2/p-2. The summed E-state index contributed by atoms with van der Waals surface area (Å²) >= 11 is -0.873. The van der Waals surface area contributed by atoms with Crippen molar-refractivity contribution in [1.82, 2.24) is 0 Å². The first kappa shape index (κ1) is 29.8. The van der Waals surface area contributed by atoms with E-state index in [2.05, 4.69) is 126 Å². The quantitative estimate of drug-likeness (QED) is 0.321. The van der Waals surface area contributed by atoms with Gasteiger partial charge in [-0.25, -0.2) is 0 Å². The maximum absolute atomic E-state index is 2.49. The molecule has 3 heteroatoms. The average molecular weight is 629 g/mol. The Hall–Kier alpha value is -2.18. The molecule has 2 aliphatic rings. The molecular formula is C36H34Cl2Zr. The van der Waals surface area contributed by atoms with E-state index in [1.54, 1.807) is 22.3 Å². The molecule has 0 saturated carbocycles. The molecule has 0 heterocycles. The Morgan fingerprint density at radius 2 is 0.846 bits per heavy atom. The smallest absolute Gasteiger partial charge is 1.00 e. The summed E-state index contributed by atoms with van der Waals surface area (Å²) in [4.78, 5) is 0. The molecule has 0 aliphatic heterocycles. The van der Waals surface area contributed by atoms with Crippen molar-refractivity contribution in [3.8, 4) is 22.3 Å². The van der Waals surface area contributed by atoms with Crippen molar-refractivity contribution in [2.45, 2.75) is 48.8 Å². The molecule has 0 nitrogen and oxygen atoms in total. The van der Waals surface area contributed by atoms with Gasteiger partial charge in [0.2, 0.25) is 0 Å². The number of allylic oxidation sites excluding steroid dienone is 2. The van der Waals surface area contributed by atoms with Crippen LogP contribution in [-0.2, 0) is 23.2 Å². The van der Waals surface area contributed by atoms with Gasteiger partial charge in [0.1, 0.15) is 0 Å². The van der Waals surface area contributed by atoms with Crippen LogP contribution in [0.4, 0.5) is 0 Å². The summed E-state index contributed by atoms with van der Waals surface area (Å²) in [6, 6.07) is 27.9. The molecule has 4 aromatic carbocycles. The maximum atomic E-state index is 2.49. The number of benzene rings is 4. The third kappa shape index (κ3) is 5.56. The molecule has 2 atom stereocenters. The Morgan fingerprint density at radius 3 is 1.21 bits per heavy atom. The van der Waals surface area contributed by atoms with E-state index in [0.717, 1.165) is 0 Å². The topological polar surface area (TPSA) is 0 Å². The number of halogens is 2. The Balaban J connectivity index is 0.00000176. The average Bonchev–Trinajstić information content (AvgIpc) is 3.33. The normalized spacial score (nSPS) is 16.8. The summed E-state index contributed by atoms with van der Waals surface area (Å²) in [5, 5.41) is 0. The van der Waals surface area contributed by atoms with Crippen LogP contribution < -0.4 is 24.8 Å². The molecular weight excluding hydrogens is 595 g/mol. The Kier molecular flexibility index (Phi) is 8.97. The zero-order chi connectivity index (χ0) is 25.8.